The van der Waals surface area contributed by atoms with Crippen LogP contribution in [-0.2, 0) is 14.4 Å². The Balaban J connectivity index is 5.32. The standard InChI is InChI=1S/C9H12N2O5S/c1-5(12)11-6(8(13)14)4-17-7(2-3-10)9(15)16/h6-7H,2,4H2,1H3,(H,11,12)(H,13,14)(H,15,16)/t6-,7?/m0/s1/i4D,6D/hD/t4?,6-,7?. The number of hydrogen-bond acceptors (Lipinski definition) is 5. The van der Waals surface area contributed by atoms with Crippen LogP contribution in [0.3, 0.4) is 0 Å². The Hall–Kier alpha value is -1.75. The first-order valence-electron chi connectivity index (χ1n) is 5.82. The molecule has 7 nitrogen and oxygen atoms in total. The molecule has 0 saturated heterocycles. The molecule has 0 heterocycles. The topological polar surface area (TPSA) is 127 Å². The van der Waals surface area contributed by atoms with Crippen LogP contribution >= 0.6 is 11.8 Å². The molecule has 0 aliphatic carbocycles. The number of nitrogens with zero attached hydrogens (tertiary/aromatic N) is 1. The summed E-state index contributed by atoms with van der Waals surface area (Å²) < 4.78 is 22.5. The molecule has 0 aromatic rings. The maximum absolute atomic E-state index is 11.1. The highest BCUT2D eigenvalue weighted by Gasteiger charge is 2.24. The molecule has 0 aromatic carbocycles. The zero-order chi connectivity index (χ0) is 16.1. The minimum atomic E-state index is -2.97. The molecule has 0 aromatic heterocycles. The van der Waals surface area contributed by atoms with Crippen LogP contribution in [0.4, 0.5) is 0 Å². The van der Waals surface area contributed by atoms with Crippen LogP contribution in [0.1, 0.15) is 16.1 Å². The molecule has 3 N–H and O–H groups in total. The van der Waals surface area contributed by atoms with E-state index in [2.05, 4.69) is 0 Å². The second-order valence-corrected chi connectivity index (χ2v) is 3.84. The van der Waals surface area contributed by atoms with Gasteiger partial charge in [-0.25, -0.2) is 4.79 Å². The molecule has 0 saturated carbocycles. The second-order valence-electron chi connectivity index (χ2n) is 2.76. The molecule has 94 valence electrons. The lowest BCUT2D eigenvalue weighted by Gasteiger charge is -2.14. The summed E-state index contributed by atoms with van der Waals surface area (Å²) >= 11 is 0.221. The highest BCUT2D eigenvalue weighted by atomic mass is 32.2. The van der Waals surface area contributed by atoms with E-state index in [0.29, 0.717) is 0 Å². The first-order valence-corrected chi connectivity index (χ1v) is 5.23. The van der Waals surface area contributed by atoms with E-state index in [1.807, 2.05) is 0 Å². The van der Waals surface area contributed by atoms with Gasteiger partial charge >= 0.3 is 11.9 Å². The Labute approximate surface area is 106 Å². The van der Waals surface area contributed by atoms with Crippen LogP contribution in [0.15, 0.2) is 0 Å². The van der Waals surface area contributed by atoms with Gasteiger partial charge in [0, 0.05) is 14.0 Å². The predicted molar refractivity (Wildman–Crippen MR) is 59.4 cm³/mol. The molecule has 2 unspecified atom stereocenters. The summed E-state index contributed by atoms with van der Waals surface area (Å²) in [6, 6.07) is -1.41. The van der Waals surface area contributed by atoms with Gasteiger partial charge in [0.2, 0.25) is 5.91 Å². The van der Waals surface area contributed by atoms with Crippen LogP contribution in [0.5, 0.6) is 0 Å². The van der Waals surface area contributed by atoms with Crippen molar-refractivity contribution in [1.29, 1.82) is 5.26 Å². The van der Waals surface area contributed by atoms with E-state index >= 15 is 0 Å². The normalized spacial score (nSPS) is 19.4. The molecule has 0 rings (SSSR count). The van der Waals surface area contributed by atoms with Gasteiger partial charge in [-0.15, -0.1) is 11.8 Å². The maximum Gasteiger partial charge on any atom is 0.327 e. The number of amides is 1. The largest absolute Gasteiger partial charge is 0.480 e. The fraction of sp³-hybridized carbons (Fsp3) is 0.556. The number of hydrogen-bond donors (Lipinski definition) is 3. The lowest BCUT2D eigenvalue weighted by molar-refractivity contribution is -0.141. The lowest BCUT2D eigenvalue weighted by Crippen LogP contribution is -2.42. The van der Waals surface area contributed by atoms with E-state index < -0.39 is 41.3 Å². The number of thioether (sulfide) groups is 1. The SMILES string of the molecule is [2H]C(SC(CC#N)C(=O)O)[C@@]([2H])(C(=O)O)N([2H])C(C)=O. The van der Waals surface area contributed by atoms with E-state index in [4.69, 9.17) is 19.6 Å². The Kier molecular flexibility index (Phi) is 4.60. The van der Waals surface area contributed by atoms with Gasteiger partial charge in [-0.05, 0) is 0 Å². The molecule has 8 heteroatoms. The summed E-state index contributed by atoms with van der Waals surface area (Å²) in [6.45, 7) is 0.848. The number of carbonyl (C=O) groups excluding carboxylic acids is 1. The van der Waals surface area contributed by atoms with E-state index in [0.717, 1.165) is 6.92 Å². The second kappa shape index (κ2) is 7.51. The third kappa shape index (κ3) is 6.42. The summed E-state index contributed by atoms with van der Waals surface area (Å²) in [5.41, 5.74) is -1.98. The monoisotopic (exact) mass is 263 g/mol. The first kappa shape index (κ1) is 10.4. The van der Waals surface area contributed by atoms with Crippen molar-refractivity contribution < 1.29 is 28.8 Å². The smallest absolute Gasteiger partial charge is 0.327 e. The van der Waals surface area contributed by atoms with E-state index in [1.54, 1.807) is 6.07 Å². The van der Waals surface area contributed by atoms with Gasteiger partial charge < -0.3 is 15.5 Å². The molecule has 0 aliphatic heterocycles. The lowest BCUT2D eigenvalue weighted by atomic mass is 10.3. The van der Waals surface area contributed by atoms with Crippen molar-refractivity contribution in [1.82, 2.24) is 5.31 Å². The molecule has 1 amide bonds. The van der Waals surface area contributed by atoms with E-state index in [1.165, 1.54) is 0 Å². The Morgan fingerprint density at radius 2 is 2.18 bits per heavy atom. The summed E-state index contributed by atoms with van der Waals surface area (Å²) in [6.07, 6.45) is -0.497. The molecule has 17 heavy (non-hydrogen) atoms. The van der Waals surface area contributed by atoms with Gasteiger partial charge in [-0.3, -0.25) is 9.59 Å². The zero-order valence-electron chi connectivity index (χ0n) is 11.8. The van der Waals surface area contributed by atoms with Crippen LogP contribution in [-0.4, -0.2) is 45.1 Å². The minimum absolute atomic E-state index is 0.203. The summed E-state index contributed by atoms with van der Waals surface area (Å²) in [5.74, 6) is -4.45. The number of carbonyl (C=O) groups is 3. The summed E-state index contributed by atoms with van der Waals surface area (Å²) in [7, 11) is 0. The van der Waals surface area contributed by atoms with Gasteiger partial charge in [0.15, 0.2) is 1.41 Å². The average Bonchev–Trinajstić information content (AvgIpc) is 2.35. The zero-order valence-corrected chi connectivity index (χ0v) is 9.60. The van der Waals surface area contributed by atoms with Crippen LogP contribution in [0, 0.1) is 11.3 Å². The first-order chi connectivity index (χ1) is 9.08. The minimum Gasteiger partial charge on any atom is -0.480 e. The predicted octanol–water partition coefficient (Wildman–Crippen LogP) is -0.324. The number of carboxylic acids is 2. The molecule has 3 atom stereocenters. The Bertz CT molecular complexity index is 457. The van der Waals surface area contributed by atoms with Crippen LogP contribution in [0.25, 0.3) is 0 Å². The van der Waals surface area contributed by atoms with Crippen molar-refractivity contribution in [3.8, 4) is 6.07 Å². The highest BCUT2D eigenvalue weighted by Crippen LogP contribution is 2.16. The fourth-order valence-corrected chi connectivity index (χ4v) is 1.45. The van der Waals surface area contributed by atoms with Gasteiger partial charge in [0.05, 0.1) is 13.9 Å². The Morgan fingerprint density at radius 3 is 2.53 bits per heavy atom. The van der Waals surface area contributed by atoms with Crippen molar-refractivity contribution in [3.63, 3.8) is 0 Å². The third-order valence-electron chi connectivity index (χ3n) is 1.39. The van der Waals surface area contributed by atoms with Crippen molar-refractivity contribution in [2.45, 2.75) is 24.6 Å². The van der Waals surface area contributed by atoms with Crippen molar-refractivity contribution >= 4 is 29.6 Å². The third-order valence-corrected chi connectivity index (χ3v) is 2.45. The van der Waals surface area contributed by atoms with Gasteiger partial charge in [0.25, 0.3) is 0 Å². The maximum atomic E-state index is 11.1. The van der Waals surface area contributed by atoms with Crippen molar-refractivity contribution in [2.24, 2.45) is 0 Å². The van der Waals surface area contributed by atoms with Gasteiger partial charge in [0.1, 0.15) is 11.3 Å². The van der Waals surface area contributed by atoms with Crippen molar-refractivity contribution in [3.05, 3.63) is 0 Å². The quantitative estimate of drug-likeness (QED) is 0.574. The fourth-order valence-electron chi connectivity index (χ4n) is 0.717. The molecular weight excluding hydrogens is 248 g/mol. The number of aliphatic carboxylic acids is 2. The molecule has 0 fully saturated rings. The average molecular weight is 263 g/mol. The van der Waals surface area contributed by atoms with Gasteiger partial charge in [-0.2, -0.15) is 5.26 Å². The van der Waals surface area contributed by atoms with Gasteiger partial charge in [-0.1, -0.05) is 0 Å². The number of nitriles is 1. The van der Waals surface area contributed by atoms with Crippen molar-refractivity contribution in [2.75, 3.05) is 5.73 Å². The van der Waals surface area contributed by atoms with Crippen LogP contribution in [0.2, 0.25) is 1.41 Å². The molecule has 0 bridgehead atoms. The number of nitrogens with one attached hydrogen (secondary N) is 1. The van der Waals surface area contributed by atoms with E-state index in [-0.39, 0.29) is 17.1 Å². The molecule has 0 spiro atoms. The number of carboxylic acid groups (broad SMARTS) is 2. The molecule has 0 radical (unpaired) electrons. The highest BCUT2D eigenvalue weighted by molar-refractivity contribution is 8.00. The number of rotatable bonds is 7. The summed E-state index contributed by atoms with van der Waals surface area (Å²) in [5, 5.41) is 24.6. The molecular formula is C9H12N2O5S. The van der Waals surface area contributed by atoms with Crippen LogP contribution < -0.4 is 5.31 Å². The Morgan fingerprint density at radius 1 is 1.59 bits per heavy atom. The summed E-state index contributed by atoms with van der Waals surface area (Å²) in [4.78, 5) is 32.9. The van der Waals surface area contributed by atoms with E-state index in [9.17, 15) is 14.4 Å². The molecule has 0 aliphatic rings.